The first-order chi connectivity index (χ1) is 6.25. The van der Waals surface area contributed by atoms with Crippen LogP contribution in [0.2, 0.25) is 0 Å². The van der Waals surface area contributed by atoms with Gasteiger partial charge in [0.15, 0.2) is 5.65 Å². The van der Waals surface area contributed by atoms with Crippen molar-refractivity contribution in [2.45, 2.75) is 6.42 Å². The largest absolute Gasteiger partial charge is 0.387 e. The lowest BCUT2D eigenvalue weighted by molar-refractivity contribution is 0.819. The molecule has 2 heterocycles. The number of fused-ring (bicyclic) bond motifs is 1. The van der Waals surface area contributed by atoms with E-state index in [0.29, 0.717) is 12.1 Å². The Morgan fingerprint density at radius 2 is 2.38 bits per heavy atom. The van der Waals surface area contributed by atoms with Crippen molar-refractivity contribution >= 4 is 11.5 Å². The van der Waals surface area contributed by atoms with Gasteiger partial charge in [0.05, 0.1) is 5.84 Å². The van der Waals surface area contributed by atoms with E-state index in [-0.39, 0.29) is 5.84 Å². The highest BCUT2D eigenvalue weighted by Gasteiger charge is 1.99. The summed E-state index contributed by atoms with van der Waals surface area (Å²) in [5, 5.41) is 18.1. The summed E-state index contributed by atoms with van der Waals surface area (Å²) in [6.07, 6.45) is 2.19. The van der Waals surface area contributed by atoms with E-state index in [1.807, 2.05) is 6.07 Å². The third-order valence-electron chi connectivity index (χ3n) is 1.65. The van der Waals surface area contributed by atoms with Crippen LogP contribution >= 0.6 is 0 Å². The number of nitrogens with two attached hydrogens (primary N) is 1. The van der Waals surface area contributed by atoms with Crippen LogP contribution in [0.3, 0.4) is 0 Å². The molecule has 6 nitrogen and oxygen atoms in total. The Bertz CT molecular complexity index is 445. The van der Waals surface area contributed by atoms with Gasteiger partial charge < -0.3 is 5.73 Å². The van der Waals surface area contributed by atoms with Gasteiger partial charge in [-0.25, -0.2) is 4.52 Å². The highest BCUT2D eigenvalue weighted by molar-refractivity contribution is 5.79. The first-order valence-corrected chi connectivity index (χ1v) is 3.75. The molecule has 0 aliphatic carbocycles. The van der Waals surface area contributed by atoms with Gasteiger partial charge >= 0.3 is 0 Å². The summed E-state index contributed by atoms with van der Waals surface area (Å²) in [6.45, 7) is 0. The number of rotatable bonds is 2. The second kappa shape index (κ2) is 2.81. The monoisotopic (exact) mass is 176 g/mol. The van der Waals surface area contributed by atoms with E-state index >= 15 is 0 Å². The molecular weight excluding hydrogens is 168 g/mol. The maximum absolute atomic E-state index is 7.12. The third kappa shape index (κ3) is 1.46. The van der Waals surface area contributed by atoms with Crippen molar-refractivity contribution in [2.75, 3.05) is 0 Å². The number of pyridine rings is 1. The fraction of sp³-hybridized carbons (Fsp3) is 0.143. The van der Waals surface area contributed by atoms with Crippen molar-refractivity contribution in [3.05, 3.63) is 23.9 Å². The molecule has 0 aliphatic heterocycles. The molecule has 0 spiro atoms. The van der Waals surface area contributed by atoms with Crippen LogP contribution in [-0.4, -0.2) is 25.9 Å². The molecule has 0 saturated heterocycles. The number of tetrazole rings is 1. The fourth-order valence-corrected chi connectivity index (χ4v) is 1.11. The lowest BCUT2D eigenvalue weighted by Gasteiger charge is -1.98. The van der Waals surface area contributed by atoms with Gasteiger partial charge in [-0.2, -0.15) is 0 Å². The van der Waals surface area contributed by atoms with Crippen LogP contribution in [0.5, 0.6) is 0 Å². The standard InChI is InChI=1S/C7H8N6/c8-6(9)3-5-1-2-7-10-11-12-13(7)4-5/h1-2,4H,3H2,(H3,8,9). The molecule has 2 aromatic heterocycles. The van der Waals surface area contributed by atoms with Crippen molar-refractivity contribution in [1.29, 1.82) is 5.41 Å². The summed E-state index contributed by atoms with van der Waals surface area (Å²) in [5.74, 6) is 0.132. The molecule has 66 valence electrons. The van der Waals surface area contributed by atoms with Crippen LogP contribution in [0.4, 0.5) is 0 Å². The van der Waals surface area contributed by atoms with Crippen molar-refractivity contribution in [3.8, 4) is 0 Å². The molecule has 0 radical (unpaired) electrons. The van der Waals surface area contributed by atoms with Crippen molar-refractivity contribution in [2.24, 2.45) is 5.73 Å². The van der Waals surface area contributed by atoms with Crippen LogP contribution in [0.1, 0.15) is 5.56 Å². The molecule has 2 rings (SSSR count). The maximum Gasteiger partial charge on any atom is 0.179 e. The minimum absolute atomic E-state index is 0.132. The highest BCUT2D eigenvalue weighted by Crippen LogP contribution is 2.02. The number of hydrogen-bond acceptors (Lipinski definition) is 4. The zero-order valence-electron chi connectivity index (χ0n) is 6.81. The fourth-order valence-electron chi connectivity index (χ4n) is 1.11. The average Bonchev–Trinajstić information content (AvgIpc) is 2.49. The summed E-state index contributed by atoms with van der Waals surface area (Å²) >= 11 is 0. The van der Waals surface area contributed by atoms with Gasteiger partial charge in [0.2, 0.25) is 0 Å². The smallest absolute Gasteiger partial charge is 0.179 e. The van der Waals surface area contributed by atoms with Gasteiger partial charge in [-0.05, 0) is 22.1 Å². The van der Waals surface area contributed by atoms with Crippen molar-refractivity contribution < 1.29 is 0 Å². The predicted octanol–water partition coefficient (Wildman–Crippen LogP) is -0.397. The van der Waals surface area contributed by atoms with Crippen molar-refractivity contribution in [1.82, 2.24) is 20.0 Å². The quantitative estimate of drug-likeness (QED) is 0.481. The van der Waals surface area contributed by atoms with Gasteiger partial charge in [-0.1, -0.05) is 6.07 Å². The molecule has 2 aromatic rings. The number of nitrogens with zero attached hydrogens (tertiary/aromatic N) is 4. The van der Waals surface area contributed by atoms with E-state index in [9.17, 15) is 0 Å². The first-order valence-electron chi connectivity index (χ1n) is 3.75. The summed E-state index contributed by atoms with van der Waals surface area (Å²) in [5.41, 5.74) is 6.88. The van der Waals surface area contributed by atoms with Crippen LogP contribution in [-0.2, 0) is 6.42 Å². The Kier molecular flexibility index (Phi) is 1.66. The average molecular weight is 176 g/mol. The summed E-state index contributed by atoms with van der Waals surface area (Å²) in [6, 6.07) is 3.64. The zero-order valence-corrected chi connectivity index (χ0v) is 6.81. The number of hydrogen-bond donors (Lipinski definition) is 2. The normalized spacial score (nSPS) is 10.5. The van der Waals surface area contributed by atoms with Crippen molar-refractivity contribution in [3.63, 3.8) is 0 Å². The molecule has 0 unspecified atom stereocenters. The molecule has 0 fully saturated rings. The lowest BCUT2D eigenvalue weighted by atomic mass is 10.2. The molecular formula is C7H8N6. The predicted molar refractivity (Wildman–Crippen MR) is 46.4 cm³/mol. The number of aromatic nitrogens is 4. The first kappa shape index (κ1) is 7.66. The minimum Gasteiger partial charge on any atom is -0.387 e. The van der Waals surface area contributed by atoms with Gasteiger partial charge in [0.1, 0.15) is 0 Å². The van der Waals surface area contributed by atoms with Crippen LogP contribution in [0.25, 0.3) is 5.65 Å². The van der Waals surface area contributed by atoms with E-state index in [0.717, 1.165) is 5.56 Å². The van der Waals surface area contributed by atoms with Crippen LogP contribution < -0.4 is 5.73 Å². The second-order valence-electron chi connectivity index (χ2n) is 2.72. The molecule has 0 bridgehead atoms. The second-order valence-corrected chi connectivity index (χ2v) is 2.72. The number of amidine groups is 1. The van der Waals surface area contributed by atoms with E-state index in [4.69, 9.17) is 11.1 Å². The van der Waals surface area contributed by atoms with Gasteiger partial charge in [0, 0.05) is 12.6 Å². The Morgan fingerprint density at radius 3 is 3.15 bits per heavy atom. The summed E-state index contributed by atoms with van der Waals surface area (Å²) in [4.78, 5) is 0. The van der Waals surface area contributed by atoms with Gasteiger partial charge in [-0.3, -0.25) is 5.41 Å². The molecule has 0 atom stereocenters. The molecule has 0 saturated carbocycles. The number of nitrogens with one attached hydrogen (secondary N) is 1. The SMILES string of the molecule is N=C(N)Cc1ccc2nnnn2c1. The van der Waals surface area contributed by atoms with Crippen LogP contribution in [0.15, 0.2) is 18.3 Å². The molecule has 13 heavy (non-hydrogen) atoms. The Morgan fingerprint density at radius 1 is 1.54 bits per heavy atom. The lowest BCUT2D eigenvalue weighted by Crippen LogP contribution is -2.13. The van der Waals surface area contributed by atoms with Gasteiger partial charge in [-0.15, -0.1) is 5.10 Å². The molecule has 3 N–H and O–H groups in total. The van der Waals surface area contributed by atoms with Gasteiger partial charge in [0.25, 0.3) is 0 Å². The van der Waals surface area contributed by atoms with Crippen LogP contribution in [0, 0.1) is 5.41 Å². The summed E-state index contributed by atoms with van der Waals surface area (Å²) < 4.78 is 1.55. The maximum atomic E-state index is 7.12. The van der Waals surface area contributed by atoms with E-state index in [1.165, 1.54) is 0 Å². The topological polar surface area (TPSA) is 93.0 Å². The zero-order chi connectivity index (χ0) is 9.26. The Balaban J connectivity index is 2.42. The Hall–Kier alpha value is -1.98. The molecule has 0 amide bonds. The minimum atomic E-state index is 0.132. The summed E-state index contributed by atoms with van der Waals surface area (Å²) in [7, 11) is 0. The highest BCUT2D eigenvalue weighted by atomic mass is 15.5. The third-order valence-corrected chi connectivity index (χ3v) is 1.65. The Labute approximate surface area is 73.9 Å². The molecule has 6 heteroatoms. The van der Waals surface area contributed by atoms with E-state index < -0.39 is 0 Å². The van der Waals surface area contributed by atoms with E-state index in [2.05, 4.69) is 15.5 Å². The molecule has 0 aliphatic rings. The molecule has 0 aromatic carbocycles. The van der Waals surface area contributed by atoms with E-state index in [1.54, 1.807) is 16.8 Å².